The number of nitrogens with one attached hydrogen (secondary N) is 1. The number of carbonyl (C=O) groups excluding carboxylic acids is 2. The predicted octanol–water partition coefficient (Wildman–Crippen LogP) is -0.346. The molecule has 1 fully saturated rings. The van der Waals surface area contributed by atoms with Crippen LogP contribution in [0.25, 0.3) is 0 Å². The molecular weight excluding hydrogens is 190 g/mol. The Morgan fingerprint density at radius 3 is 2.07 bits per heavy atom. The molecule has 0 atom stereocenters. The maximum Gasteiger partial charge on any atom is 0.331 e. The molecule has 1 aliphatic rings. The number of ether oxygens (including phenoxy) is 1. The van der Waals surface area contributed by atoms with E-state index in [2.05, 4.69) is 10.1 Å². The Balaban J connectivity index is 0.000000241. The number of carbonyl (C=O) groups is 3. The topological polar surface area (TPSA) is 92.7 Å². The highest BCUT2D eigenvalue weighted by molar-refractivity contribution is 6.01. The van der Waals surface area contributed by atoms with Crippen LogP contribution in [0.1, 0.15) is 12.8 Å². The summed E-state index contributed by atoms with van der Waals surface area (Å²) in [6.45, 7) is 0. The molecule has 14 heavy (non-hydrogen) atoms. The minimum absolute atomic E-state index is 0.148. The lowest BCUT2D eigenvalue weighted by molar-refractivity contribution is -0.131. The molecule has 78 valence electrons. The Morgan fingerprint density at radius 2 is 1.93 bits per heavy atom. The molecule has 1 heterocycles. The average Bonchev–Trinajstić information content (AvgIpc) is 2.47. The van der Waals surface area contributed by atoms with Crippen molar-refractivity contribution in [3.8, 4) is 0 Å². The summed E-state index contributed by atoms with van der Waals surface area (Å²) in [5.74, 6) is -1.29. The molecule has 0 aromatic rings. The van der Waals surface area contributed by atoms with Crippen molar-refractivity contribution >= 4 is 17.8 Å². The normalized spacial score (nSPS) is 14.6. The van der Waals surface area contributed by atoms with Gasteiger partial charge >= 0.3 is 5.97 Å². The first kappa shape index (κ1) is 12.2. The molecule has 2 amide bonds. The quantitative estimate of drug-likeness (QED) is 0.362. The average molecular weight is 201 g/mol. The molecule has 0 aromatic carbocycles. The molecule has 0 unspecified atom stereocenters. The highest BCUT2D eigenvalue weighted by Crippen LogP contribution is 1.95. The van der Waals surface area contributed by atoms with Crippen LogP contribution in [0.2, 0.25) is 0 Å². The van der Waals surface area contributed by atoms with Gasteiger partial charge in [-0.2, -0.15) is 0 Å². The maximum absolute atomic E-state index is 10.1. The molecule has 0 aromatic heterocycles. The van der Waals surface area contributed by atoms with E-state index in [-0.39, 0.29) is 11.8 Å². The number of aliphatic carboxylic acids is 1. The van der Waals surface area contributed by atoms with Crippen LogP contribution >= 0.6 is 0 Å². The maximum atomic E-state index is 10.1. The monoisotopic (exact) mass is 201 g/mol. The van der Waals surface area contributed by atoms with Crippen LogP contribution in [0, 0.1) is 0 Å². The van der Waals surface area contributed by atoms with Gasteiger partial charge in [0.25, 0.3) is 0 Å². The van der Waals surface area contributed by atoms with Crippen LogP contribution in [0.4, 0.5) is 0 Å². The van der Waals surface area contributed by atoms with E-state index in [9.17, 15) is 14.4 Å². The summed E-state index contributed by atoms with van der Waals surface area (Å²) in [6.07, 6.45) is 2.76. The van der Waals surface area contributed by atoms with Crippen molar-refractivity contribution in [1.29, 1.82) is 0 Å². The molecule has 0 bridgehead atoms. The van der Waals surface area contributed by atoms with E-state index in [1.165, 1.54) is 7.11 Å². The van der Waals surface area contributed by atoms with Crippen molar-refractivity contribution in [1.82, 2.24) is 5.32 Å². The van der Waals surface area contributed by atoms with Gasteiger partial charge < -0.3 is 9.84 Å². The second kappa shape index (κ2) is 6.64. The number of carboxylic acids is 1. The summed E-state index contributed by atoms with van der Waals surface area (Å²) in [6, 6.07) is 0. The molecule has 0 saturated carbocycles. The molecule has 6 heteroatoms. The third kappa shape index (κ3) is 6.84. The van der Waals surface area contributed by atoms with Gasteiger partial charge in [-0.15, -0.1) is 0 Å². The van der Waals surface area contributed by atoms with Gasteiger partial charge in [0.2, 0.25) is 11.8 Å². The number of carboxylic acid groups (broad SMARTS) is 1. The Morgan fingerprint density at radius 1 is 1.43 bits per heavy atom. The predicted molar refractivity (Wildman–Crippen MR) is 46.2 cm³/mol. The SMILES string of the molecule is CO/C=C/C(=O)O.O=C1CCC(=O)N1. The van der Waals surface area contributed by atoms with Crippen LogP contribution < -0.4 is 5.32 Å². The molecular formula is C8H11NO5. The highest BCUT2D eigenvalue weighted by Gasteiger charge is 2.15. The van der Waals surface area contributed by atoms with Gasteiger partial charge in [0.05, 0.1) is 19.4 Å². The molecule has 6 nitrogen and oxygen atoms in total. The van der Waals surface area contributed by atoms with Gasteiger partial charge in [-0.05, 0) is 0 Å². The smallest absolute Gasteiger partial charge is 0.331 e. The molecule has 1 saturated heterocycles. The summed E-state index contributed by atoms with van der Waals surface area (Å²) in [5.41, 5.74) is 0. The van der Waals surface area contributed by atoms with E-state index in [0.717, 1.165) is 12.3 Å². The van der Waals surface area contributed by atoms with Gasteiger partial charge in [-0.1, -0.05) is 0 Å². The van der Waals surface area contributed by atoms with E-state index >= 15 is 0 Å². The van der Waals surface area contributed by atoms with Crippen LogP contribution in [0.15, 0.2) is 12.3 Å². The number of methoxy groups -OCH3 is 1. The fourth-order valence-electron chi connectivity index (χ4n) is 0.634. The van der Waals surface area contributed by atoms with Crippen LogP contribution in [-0.2, 0) is 19.1 Å². The number of rotatable bonds is 2. The highest BCUT2D eigenvalue weighted by atomic mass is 16.5. The minimum atomic E-state index is -0.998. The van der Waals surface area contributed by atoms with E-state index < -0.39 is 5.97 Å². The Bertz CT molecular complexity index is 244. The van der Waals surface area contributed by atoms with Gasteiger partial charge in [0, 0.05) is 12.8 Å². The van der Waals surface area contributed by atoms with Crippen molar-refractivity contribution in [3.63, 3.8) is 0 Å². The first-order valence-corrected chi connectivity index (χ1v) is 3.81. The third-order valence-corrected chi connectivity index (χ3v) is 1.20. The summed E-state index contributed by atoms with van der Waals surface area (Å²) in [7, 11) is 1.39. The van der Waals surface area contributed by atoms with Crippen molar-refractivity contribution in [3.05, 3.63) is 12.3 Å². The van der Waals surface area contributed by atoms with E-state index in [0.29, 0.717) is 12.8 Å². The summed E-state index contributed by atoms with van der Waals surface area (Å²) < 4.78 is 4.29. The number of hydrogen-bond donors (Lipinski definition) is 2. The standard InChI is InChI=1S/C4H5NO2.C4H6O3/c6-3-1-2-4(7)5-3;1-7-3-2-4(5)6/h1-2H2,(H,5,6,7);2-3H,1H3,(H,5,6)/b;3-2+. The fraction of sp³-hybridized carbons (Fsp3) is 0.375. The lowest BCUT2D eigenvalue weighted by Crippen LogP contribution is -2.18. The van der Waals surface area contributed by atoms with Gasteiger partial charge in [0.15, 0.2) is 0 Å². The second-order valence-electron chi connectivity index (χ2n) is 2.35. The molecule has 0 radical (unpaired) electrons. The zero-order chi connectivity index (χ0) is 11.0. The summed E-state index contributed by atoms with van der Waals surface area (Å²) in [4.78, 5) is 29.8. The van der Waals surface area contributed by atoms with Gasteiger partial charge in [-0.25, -0.2) is 4.79 Å². The molecule has 0 aliphatic carbocycles. The van der Waals surface area contributed by atoms with Crippen LogP contribution in [0.5, 0.6) is 0 Å². The number of imide groups is 1. The van der Waals surface area contributed by atoms with Crippen molar-refractivity contribution in [2.45, 2.75) is 12.8 Å². The number of hydrogen-bond acceptors (Lipinski definition) is 4. The second-order valence-corrected chi connectivity index (χ2v) is 2.35. The molecule has 1 rings (SSSR count). The first-order chi connectivity index (χ1) is 6.56. The summed E-state index contributed by atoms with van der Waals surface area (Å²) >= 11 is 0. The largest absolute Gasteiger partial charge is 0.504 e. The summed E-state index contributed by atoms with van der Waals surface area (Å²) in [5, 5.41) is 10.0. The molecule has 2 N–H and O–H groups in total. The Hall–Kier alpha value is -1.85. The van der Waals surface area contributed by atoms with Crippen molar-refractivity contribution < 1.29 is 24.2 Å². The Labute approximate surface area is 80.5 Å². The van der Waals surface area contributed by atoms with E-state index in [4.69, 9.17) is 5.11 Å². The zero-order valence-corrected chi connectivity index (χ0v) is 7.65. The number of amides is 2. The third-order valence-electron chi connectivity index (χ3n) is 1.20. The van der Waals surface area contributed by atoms with Crippen LogP contribution in [-0.4, -0.2) is 30.0 Å². The van der Waals surface area contributed by atoms with Crippen molar-refractivity contribution in [2.75, 3.05) is 7.11 Å². The van der Waals surface area contributed by atoms with Gasteiger partial charge in [-0.3, -0.25) is 14.9 Å². The lowest BCUT2D eigenvalue weighted by atomic mass is 10.4. The lowest BCUT2D eigenvalue weighted by Gasteiger charge is -1.79. The fourth-order valence-corrected chi connectivity index (χ4v) is 0.634. The molecule has 0 spiro atoms. The Kier molecular flexibility index (Phi) is 5.77. The van der Waals surface area contributed by atoms with E-state index in [1.807, 2.05) is 0 Å². The minimum Gasteiger partial charge on any atom is -0.504 e. The van der Waals surface area contributed by atoms with Crippen LogP contribution in [0.3, 0.4) is 0 Å². The molecule has 1 aliphatic heterocycles. The van der Waals surface area contributed by atoms with Gasteiger partial charge in [0.1, 0.15) is 0 Å². The van der Waals surface area contributed by atoms with Crippen molar-refractivity contribution in [2.24, 2.45) is 0 Å². The first-order valence-electron chi connectivity index (χ1n) is 3.81. The van der Waals surface area contributed by atoms with E-state index in [1.54, 1.807) is 0 Å². The zero-order valence-electron chi connectivity index (χ0n) is 7.65.